The Morgan fingerprint density at radius 3 is 2.29 bits per heavy atom. The number of aryl methyl sites for hydroxylation is 1. The Balaban J connectivity index is 2.35. The summed E-state index contributed by atoms with van der Waals surface area (Å²) >= 11 is 0. The predicted octanol–water partition coefficient (Wildman–Crippen LogP) is 1.86. The Bertz CT molecular complexity index is 740. The van der Waals surface area contributed by atoms with Crippen LogP contribution in [0.15, 0.2) is 47.4 Å². The molecule has 0 radical (unpaired) electrons. The average Bonchev–Trinajstić information content (AvgIpc) is 2.40. The lowest BCUT2D eigenvalue weighted by Gasteiger charge is -2.22. The molecule has 2 aromatic rings. The first-order valence-corrected chi connectivity index (χ1v) is 8.01. The maximum absolute atomic E-state index is 11.7. The molecule has 0 aliphatic carbocycles. The molecule has 0 saturated heterocycles. The van der Waals surface area contributed by atoms with Gasteiger partial charge in [0.15, 0.2) is 0 Å². The minimum atomic E-state index is -3.82. The van der Waals surface area contributed by atoms with Gasteiger partial charge in [-0.2, -0.15) is 0 Å². The molecule has 0 aromatic heterocycles. The first-order valence-electron chi connectivity index (χ1n) is 6.46. The molecule has 0 spiro atoms. The van der Waals surface area contributed by atoms with Gasteiger partial charge in [-0.1, -0.05) is 29.8 Å². The maximum atomic E-state index is 11.7. The fourth-order valence-electron chi connectivity index (χ4n) is 2.13. The Hall–Kier alpha value is -2.05. The molecule has 0 aliphatic rings. The van der Waals surface area contributed by atoms with Crippen LogP contribution in [0.1, 0.15) is 11.1 Å². The number of nitrogens with two attached hydrogens (primary N) is 2. The standard InChI is InChI=1S/C15H19N3O2S/c1-11-3-5-12(6-4-11)10-18(2)14-8-7-13(16)9-15(14)21(17,19)20/h3-9H,10,16H2,1-2H3,(H2,17,19,20). The summed E-state index contributed by atoms with van der Waals surface area (Å²) in [5, 5.41) is 5.27. The molecule has 0 aliphatic heterocycles. The van der Waals surface area contributed by atoms with Crippen molar-refractivity contribution in [2.45, 2.75) is 18.4 Å². The summed E-state index contributed by atoms with van der Waals surface area (Å²) in [4.78, 5) is 1.88. The van der Waals surface area contributed by atoms with Crippen LogP contribution in [0.3, 0.4) is 0 Å². The Morgan fingerprint density at radius 1 is 1.10 bits per heavy atom. The zero-order chi connectivity index (χ0) is 15.6. The molecule has 0 heterocycles. The summed E-state index contributed by atoms with van der Waals surface area (Å²) in [6.07, 6.45) is 0. The maximum Gasteiger partial charge on any atom is 0.240 e. The van der Waals surface area contributed by atoms with Gasteiger partial charge in [-0.05, 0) is 30.7 Å². The van der Waals surface area contributed by atoms with Crippen molar-refractivity contribution in [3.63, 3.8) is 0 Å². The van der Waals surface area contributed by atoms with Crippen LogP contribution in [-0.4, -0.2) is 15.5 Å². The van der Waals surface area contributed by atoms with E-state index < -0.39 is 10.0 Å². The smallest absolute Gasteiger partial charge is 0.240 e. The number of anilines is 2. The molecule has 4 N–H and O–H groups in total. The highest BCUT2D eigenvalue weighted by atomic mass is 32.2. The SMILES string of the molecule is Cc1ccc(CN(C)c2ccc(N)cc2S(N)(=O)=O)cc1. The number of sulfonamides is 1. The van der Waals surface area contributed by atoms with E-state index in [1.165, 1.54) is 11.6 Å². The van der Waals surface area contributed by atoms with Crippen LogP contribution in [0.2, 0.25) is 0 Å². The lowest BCUT2D eigenvalue weighted by molar-refractivity contribution is 0.597. The lowest BCUT2D eigenvalue weighted by atomic mass is 10.1. The molecular weight excluding hydrogens is 286 g/mol. The normalized spacial score (nSPS) is 11.4. The van der Waals surface area contributed by atoms with E-state index in [0.29, 0.717) is 17.9 Å². The monoisotopic (exact) mass is 305 g/mol. The molecule has 5 nitrogen and oxygen atoms in total. The van der Waals surface area contributed by atoms with Gasteiger partial charge in [-0.15, -0.1) is 0 Å². The number of hydrogen-bond acceptors (Lipinski definition) is 4. The third-order valence-corrected chi connectivity index (χ3v) is 4.18. The van der Waals surface area contributed by atoms with Crippen molar-refractivity contribution in [2.75, 3.05) is 17.7 Å². The van der Waals surface area contributed by atoms with Gasteiger partial charge in [0.25, 0.3) is 0 Å². The van der Waals surface area contributed by atoms with Crippen molar-refractivity contribution in [1.29, 1.82) is 0 Å². The van der Waals surface area contributed by atoms with Gasteiger partial charge in [0.2, 0.25) is 10.0 Å². The van der Waals surface area contributed by atoms with Crippen LogP contribution in [0, 0.1) is 6.92 Å². The number of primary sulfonamides is 1. The summed E-state index contributed by atoms with van der Waals surface area (Å²) < 4.78 is 23.4. The third-order valence-electron chi connectivity index (χ3n) is 3.24. The molecule has 0 amide bonds. The van der Waals surface area contributed by atoms with Gasteiger partial charge in [-0.25, -0.2) is 13.6 Å². The van der Waals surface area contributed by atoms with E-state index in [4.69, 9.17) is 10.9 Å². The predicted molar refractivity (Wildman–Crippen MR) is 85.5 cm³/mol. The second-order valence-corrected chi connectivity index (χ2v) is 6.64. The highest BCUT2D eigenvalue weighted by molar-refractivity contribution is 7.89. The molecular formula is C15H19N3O2S. The third kappa shape index (κ3) is 3.74. The van der Waals surface area contributed by atoms with E-state index in [0.717, 1.165) is 5.56 Å². The first kappa shape index (κ1) is 15.3. The Labute approximate surface area is 125 Å². The molecule has 21 heavy (non-hydrogen) atoms. The fraction of sp³-hybridized carbons (Fsp3) is 0.200. The van der Waals surface area contributed by atoms with Crippen LogP contribution >= 0.6 is 0 Å². The molecule has 6 heteroatoms. The lowest BCUT2D eigenvalue weighted by Crippen LogP contribution is -2.22. The van der Waals surface area contributed by atoms with Gasteiger partial charge in [0.05, 0.1) is 5.69 Å². The van der Waals surface area contributed by atoms with Gasteiger partial charge in [-0.3, -0.25) is 0 Å². The van der Waals surface area contributed by atoms with Crippen LogP contribution in [-0.2, 0) is 16.6 Å². The van der Waals surface area contributed by atoms with Gasteiger partial charge in [0, 0.05) is 19.3 Å². The zero-order valence-corrected chi connectivity index (χ0v) is 12.9. The molecule has 0 bridgehead atoms. The molecule has 0 saturated carbocycles. The first-order chi connectivity index (χ1) is 9.77. The Morgan fingerprint density at radius 2 is 1.71 bits per heavy atom. The van der Waals surface area contributed by atoms with Crippen molar-refractivity contribution in [1.82, 2.24) is 0 Å². The number of rotatable bonds is 4. The number of nitrogen functional groups attached to an aromatic ring is 1. The van der Waals surface area contributed by atoms with E-state index >= 15 is 0 Å². The summed E-state index contributed by atoms with van der Waals surface area (Å²) in [5.41, 5.74) is 8.82. The van der Waals surface area contributed by atoms with Gasteiger partial charge < -0.3 is 10.6 Å². The molecule has 0 fully saturated rings. The van der Waals surface area contributed by atoms with Crippen LogP contribution < -0.4 is 15.8 Å². The summed E-state index contributed by atoms with van der Waals surface area (Å²) in [7, 11) is -2.00. The minimum absolute atomic E-state index is 0.0390. The zero-order valence-electron chi connectivity index (χ0n) is 12.1. The fourth-order valence-corrected chi connectivity index (χ4v) is 2.94. The van der Waals surface area contributed by atoms with Crippen molar-refractivity contribution in [2.24, 2.45) is 5.14 Å². The molecule has 0 unspecified atom stereocenters. The van der Waals surface area contributed by atoms with E-state index in [1.807, 2.05) is 43.1 Å². The van der Waals surface area contributed by atoms with Crippen LogP contribution in [0.4, 0.5) is 11.4 Å². The largest absolute Gasteiger partial charge is 0.399 e. The van der Waals surface area contributed by atoms with Crippen molar-refractivity contribution in [3.8, 4) is 0 Å². The average molecular weight is 305 g/mol. The second-order valence-electron chi connectivity index (χ2n) is 5.11. The number of benzene rings is 2. The van der Waals surface area contributed by atoms with Gasteiger partial charge in [0.1, 0.15) is 4.90 Å². The van der Waals surface area contributed by atoms with E-state index in [9.17, 15) is 8.42 Å². The quantitative estimate of drug-likeness (QED) is 0.844. The summed E-state index contributed by atoms with van der Waals surface area (Å²) in [6.45, 7) is 2.60. The highest BCUT2D eigenvalue weighted by Crippen LogP contribution is 2.26. The topological polar surface area (TPSA) is 89.4 Å². The second kappa shape index (κ2) is 5.75. The summed E-state index contributed by atoms with van der Waals surface area (Å²) in [6, 6.07) is 12.8. The van der Waals surface area contributed by atoms with E-state index in [-0.39, 0.29) is 4.90 Å². The van der Waals surface area contributed by atoms with Crippen molar-refractivity contribution in [3.05, 3.63) is 53.6 Å². The van der Waals surface area contributed by atoms with E-state index in [1.54, 1.807) is 12.1 Å². The molecule has 112 valence electrons. The summed E-state index contributed by atoms with van der Waals surface area (Å²) in [5.74, 6) is 0. The number of nitrogens with zero attached hydrogens (tertiary/aromatic N) is 1. The number of hydrogen-bond donors (Lipinski definition) is 2. The van der Waals surface area contributed by atoms with Crippen molar-refractivity contribution < 1.29 is 8.42 Å². The molecule has 0 atom stereocenters. The minimum Gasteiger partial charge on any atom is -0.399 e. The van der Waals surface area contributed by atoms with Gasteiger partial charge >= 0.3 is 0 Å². The highest BCUT2D eigenvalue weighted by Gasteiger charge is 2.17. The van der Waals surface area contributed by atoms with E-state index in [2.05, 4.69) is 0 Å². The Kier molecular flexibility index (Phi) is 4.20. The van der Waals surface area contributed by atoms with Crippen molar-refractivity contribution >= 4 is 21.4 Å². The molecule has 2 rings (SSSR count). The molecule has 2 aromatic carbocycles. The van der Waals surface area contributed by atoms with Crippen LogP contribution in [0.5, 0.6) is 0 Å². The van der Waals surface area contributed by atoms with Crippen LogP contribution in [0.25, 0.3) is 0 Å².